The number of hydrogen-bond donors (Lipinski definition) is 2. The summed E-state index contributed by atoms with van der Waals surface area (Å²) in [5.41, 5.74) is 4.95. The van der Waals surface area contributed by atoms with Crippen LogP contribution in [0.2, 0.25) is 0 Å². The van der Waals surface area contributed by atoms with Crippen LogP contribution in [-0.2, 0) is 11.8 Å². The molecule has 4 rings (SSSR count). The van der Waals surface area contributed by atoms with Gasteiger partial charge in [-0.1, -0.05) is 72.3 Å². The Bertz CT molecular complexity index is 1190. The number of hydrogen-bond acceptors (Lipinski definition) is 5. The average Bonchev–Trinajstić information content (AvgIpc) is 3.27. The molecule has 7 nitrogen and oxygen atoms in total. The van der Waals surface area contributed by atoms with Crippen molar-refractivity contribution in [1.82, 2.24) is 25.3 Å². The first-order chi connectivity index (χ1) is 16.0. The van der Waals surface area contributed by atoms with Gasteiger partial charge >= 0.3 is 0 Å². The summed E-state index contributed by atoms with van der Waals surface area (Å²) in [6.45, 7) is 4.90. The van der Waals surface area contributed by atoms with E-state index in [0.29, 0.717) is 12.4 Å². The summed E-state index contributed by atoms with van der Waals surface area (Å²) in [5.74, 6) is 0.591. The highest BCUT2D eigenvalue weighted by Crippen LogP contribution is 2.21. The molecule has 33 heavy (non-hydrogen) atoms. The van der Waals surface area contributed by atoms with Gasteiger partial charge in [-0.15, -0.1) is 5.10 Å². The van der Waals surface area contributed by atoms with Crippen molar-refractivity contribution >= 4 is 11.7 Å². The molecule has 168 valence electrons. The van der Waals surface area contributed by atoms with Gasteiger partial charge in [-0.2, -0.15) is 0 Å². The molecule has 1 amide bonds. The maximum atomic E-state index is 13.2. The number of amides is 1. The quantitative estimate of drug-likeness (QED) is 0.428. The minimum Gasteiger partial charge on any atom is -0.309 e. The summed E-state index contributed by atoms with van der Waals surface area (Å²) in [6.07, 6.45) is 3.50. The predicted octanol–water partition coefficient (Wildman–Crippen LogP) is 4.26. The Morgan fingerprint density at radius 2 is 1.76 bits per heavy atom. The molecule has 0 spiro atoms. The van der Waals surface area contributed by atoms with Gasteiger partial charge in [0.05, 0.1) is 6.20 Å². The Labute approximate surface area is 193 Å². The van der Waals surface area contributed by atoms with Crippen molar-refractivity contribution in [2.75, 3.05) is 11.9 Å². The Balaban J connectivity index is 1.46. The van der Waals surface area contributed by atoms with E-state index in [2.05, 4.69) is 64.0 Å². The van der Waals surface area contributed by atoms with Crippen LogP contribution in [0.4, 0.5) is 5.82 Å². The molecule has 2 N–H and O–H groups in total. The van der Waals surface area contributed by atoms with Crippen molar-refractivity contribution in [3.63, 3.8) is 0 Å². The van der Waals surface area contributed by atoms with E-state index in [1.54, 1.807) is 16.9 Å². The molecule has 2 aromatic heterocycles. The number of benzene rings is 2. The Morgan fingerprint density at radius 1 is 1.00 bits per heavy atom. The maximum absolute atomic E-state index is 13.2. The third-order valence-electron chi connectivity index (χ3n) is 5.58. The molecule has 4 aromatic rings. The fourth-order valence-corrected chi connectivity index (χ4v) is 3.61. The average molecular weight is 441 g/mol. The van der Waals surface area contributed by atoms with Gasteiger partial charge in [-0.05, 0) is 36.1 Å². The van der Waals surface area contributed by atoms with Crippen LogP contribution < -0.4 is 10.6 Å². The summed E-state index contributed by atoms with van der Waals surface area (Å²) in [5, 5.41) is 14.4. The lowest BCUT2D eigenvalue weighted by Crippen LogP contribution is -2.35. The molecule has 0 unspecified atom stereocenters. The van der Waals surface area contributed by atoms with E-state index in [9.17, 15) is 4.79 Å². The van der Waals surface area contributed by atoms with Crippen molar-refractivity contribution in [2.45, 2.75) is 25.8 Å². The third kappa shape index (κ3) is 5.70. The molecule has 0 bridgehead atoms. The molecule has 2 aromatic carbocycles. The molecular weight excluding hydrogens is 412 g/mol. The first kappa shape index (κ1) is 22.4. The van der Waals surface area contributed by atoms with E-state index >= 15 is 0 Å². The number of carbonyl (C=O) groups excluding carboxylic acids is 1. The lowest BCUT2D eigenvalue weighted by Gasteiger charge is -2.21. The highest BCUT2D eigenvalue weighted by molar-refractivity contribution is 5.94. The molecule has 0 saturated carbocycles. The summed E-state index contributed by atoms with van der Waals surface area (Å²) < 4.78 is 1.64. The number of carbonyl (C=O) groups is 1. The topological polar surface area (TPSA) is 84.7 Å². The highest BCUT2D eigenvalue weighted by Gasteiger charge is 2.21. The summed E-state index contributed by atoms with van der Waals surface area (Å²) in [6, 6.07) is 21.4. The molecule has 7 heteroatoms. The number of aryl methyl sites for hydroxylation is 2. The molecule has 0 aliphatic carbocycles. The fourth-order valence-electron chi connectivity index (χ4n) is 3.61. The van der Waals surface area contributed by atoms with E-state index in [1.165, 1.54) is 11.1 Å². The van der Waals surface area contributed by atoms with Crippen LogP contribution in [0, 0.1) is 6.92 Å². The van der Waals surface area contributed by atoms with Gasteiger partial charge in [0.2, 0.25) is 5.91 Å². The standard InChI is InChI=1S/C26H28N6O/c1-18-9-11-20(12-10-18)19(2)15-28-25(21-7-5-4-6-8-21)26(33)29-24-14-13-22(16-27-24)23-17-32(3)31-30-23/h4-14,16-17,19,25,28H,15H2,1-3H3,(H,27,29,33)/t19-,25-/m1/s1. The second-order valence-electron chi connectivity index (χ2n) is 8.26. The number of rotatable bonds is 8. The van der Waals surface area contributed by atoms with Gasteiger partial charge < -0.3 is 10.6 Å². The van der Waals surface area contributed by atoms with Crippen LogP contribution in [0.25, 0.3) is 11.3 Å². The van der Waals surface area contributed by atoms with E-state index in [4.69, 9.17) is 0 Å². The maximum Gasteiger partial charge on any atom is 0.247 e. The predicted molar refractivity (Wildman–Crippen MR) is 130 cm³/mol. The monoisotopic (exact) mass is 440 g/mol. The van der Waals surface area contributed by atoms with Crippen LogP contribution in [0.15, 0.2) is 79.1 Å². The number of nitrogens with one attached hydrogen (secondary N) is 2. The van der Waals surface area contributed by atoms with Gasteiger partial charge in [-0.25, -0.2) is 4.98 Å². The molecule has 2 heterocycles. The first-order valence-electron chi connectivity index (χ1n) is 11.0. The van der Waals surface area contributed by atoms with E-state index < -0.39 is 6.04 Å². The molecule has 0 radical (unpaired) electrons. The lowest BCUT2D eigenvalue weighted by molar-refractivity contribution is -0.118. The van der Waals surface area contributed by atoms with Crippen LogP contribution in [0.1, 0.15) is 35.6 Å². The van der Waals surface area contributed by atoms with Gasteiger partial charge in [0.25, 0.3) is 0 Å². The third-order valence-corrected chi connectivity index (χ3v) is 5.58. The number of aromatic nitrogens is 4. The lowest BCUT2D eigenvalue weighted by atomic mass is 9.98. The Kier molecular flexibility index (Phi) is 6.90. The summed E-state index contributed by atoms with van der Waals surface area (Å²) in [4.78, 5) is 17.6. The molecule has 0 fully saturated rings. The van der Waals surface area contributed by atoms with E-state index in [1.807, 2.05) is 49.6 Å². The summed E-state index contributed by atoms with van der Waals surface area (Å²) >= 11 is 0. The fraction of sp³-hybridized carbons (Fsp3) is 0.231. The van der Waals surface area contributed by atoms with Crippen LogP contribution in [0.3, 0.4) is 0 Å². The summed E-state index contributed by atoms with van der Waals surface area (Å²) in [7, 11) is 1.81. The minimum atomic E-state index is -0.499. The Morgan fingerprint density at radius 3 is 2.39 bits per heavy atom. The van der Waals surface area contributed by atoms with Gasteiger partial charge in [0.1, 0.15) is 17.6 Å². The van der Waals surface area contributed by atoms with Crippen molar-refractivity contribution in [1.29, 1.82) is 0 Å². The molecule has 0 aliphatic rings. The molecule has 0 saturated heterocycles. The SMILES string of the molecule is Cc1ccc([C@H](C)CN[C@@H](C(=O)Nc2ccc(-c3cn(C)nn3)cn2)c2ccccc2)cc1. The van der Waals surface area contributed by atoms with Crippen LogP contribution in [-0.4, -0.2) is 32.4 Å². The molecular formula is C26H28N6O. The van der Waals surface area contributed by atoms with Crippen LogP contribution >= 0.6 is 0 Å². The number of nitrogens with zero attached hydrogens (tertiary/aromatic N) is 4. The number of pyridine rings is 1. The van der Waals surface area contributed by atoms with E-state index in [0.717, 1.165) is 16.8 Å². The minimum absolute atomic E-state index is 0.156. The smallest absolute Gasteiger partial charge is 0.247 e. The second kappa shape index (κ2) is 10.2. The largest absolute Gasteiger partial charge is 0.309 e. The van der Waals surface area contributed by atoms with Crippen molar-refractivity contribution < 1.29 is 4.79 Å². The van der Waals surface area contributed by atoms with Crippen LogP contribution in [0.5, 0.6) is 0 Å². The second-order valence-corrected chi connectivity index (χ2v) is 8.26. The molecule has 2 atom stereocenters. The van der Waals surface area contributed by atoms with Gasteiger partial charge in [0, 0.05) is 25.4 Å². The first-order valence-corrected chi connectivity index (χ1v) is 11.0. The van der Waals surface area contributed by atoms with E-state index in [-0.39, 0.29) is 11.8 Å². The number of anilines is 1. The van der Waals surface area contributed by atoms with Crippen molar-refractivity contribution in [2.24, 2.45) is 7.05 Å². The van der Waals surface area contributed by atoms with Gasteiger partial charge in [-0.3, -0.25) is 9.48 Å². The highest BCUT2D eigenvalue weighted by atomic mass is 16.2. The van der Waals surface area contributed by atoms with Crippen molar-refractivity contribution in [3.8, 4) is 11.3 Å². The zero-order chi connectivity index (χ0) is 23.2. The van der Waals surface area contributed by atoms with Crippen molar-refractivity contribution in [3.05, 3.63) is 95.8 Å². The zero-order valence-electron chi connectivity index (χ0n) is 19.1. The molecule has 0 aliphatic heterocycles. The van der Waals surface area contributed by atoms with Gasteiger partial charge in [0.15, 0.2) is 0 Å². The normalized spacial score (nSPS) is 12.8. The Hall–Kier alpha value is -3.84. The zero-order valence-corrected chi connectivity index (χ0v) is 19.1.